The first-order valence-electron chi connectivity index (χ1n) is 6.00. The molecule has 4 N–H and O–H groups in total. The van der Waals surface area contributed by atoms with Crippen LogP contribution in [0.1, 0.15) is 18.9 Å². The van der Waals surface area contributed by atoms with Crippen molar-refractivity contribution in [1.29, 1.82) is 0 Å². The Morgan fingerprint density at radius 1 is 1.26 bits per heavy atom. The van der Waals surface area contributed by atoms with E-state index < -0.39 is 11.8 Å². The van der Waals surface area contributed by atoms with Gasteiger partial charge in [0.15, 0.2) is 0 Å². The molecule has 1 rings (SSSR count). The number of benzene rings is 1. The smallest absolute Gasteiger partial charge is 0.313 e. The van der Waals surface area contributed by atoms with E-state index >= 15 is 0 Å². The van der Waals surface area contributed by atoms with E-state index in [0.717, 1.165) is 18.4 Å². The van der Waals surface area contributed by atoms with E-state index in [4.69, 9.17) is 5.73 Å². The van der Waals surface area contributed by atoms with Crippen molar-refractivity contribution in [2.24, 2.45) is 5.73 Å². The van der Waals surface area contributed by atoms with E-state index in [1.165, 1.54) is 0 Å². The summed E-state index contributed by atoms with van der Waals surface area (Å²) in [6.07, 6.45) is 1.80. The van der Waals surface area contributed by atoms with Crippen LogP contribution in [-0.4, -0.2) is 23.3 Å². The van der Waals surface area contributed by atoms with Crippen molar-refractivity contribution in [1.82, 2.24) is 5.32 Å². The van der Waals surface area contributed by atoms with Crippen molar-refractivity contribution >= 4 is 34.7 Å². The van der Waals surface area contributed by atoms with Gasteiger partial charge in [-0.2, -0.15) is 0 Å². The zero-order valence-electron chi connectivity index (χ0n) is 10.7. The fourth-order valence-electron chi connectivity index (χ4n) is 1.56. The summed E-state index contributed by atoms with van der Waals surface area (Å²) in [6, 6.07) is 7.39. The molecule has 0 heterocycles. The van der Waals surface area contributed by atoms with Crippen molar-refractivity contribution in [2.45, 2.75) is 19.8 Å². The van der Waals surface area contributed by atoms with Crippen LogP contribution in [0.4, 0.5) is 5.69 Å². The van der Waals surface area contributed by atoms with Gasteiger partial charge in [0.1, 0.15) is 0 Å². The molecule has 0 bridgehead atoms. The minimum absolute atomic E-state index is 0.0121. The molecular formula is C13H17N3O2S. The van der Waals surface area contributed by atoms with Crippen LogP contribution in [-0.2, 0) is 16.0 Å². The number of hydrogen-bond donors (Lipinski definition) is 3. The number of amides is 2. The van der Waals surface area contributed by atoms with Crippen LogP contribution in [0.2, 0.25) is 0 Å². The van der Waals surface area contributed by atoms with Crippen LogP contribution in [0.25, 0.3) is 0 Å². The minimum Gasteiger partial charge on any atom is -0.392 e. The number of carbonyl (C=O) groups is 2. The van der Waals surface area contributed by atoms with Gasteiger partial charge in [-0.3, -0.25) is 9.59 Å². The number of hydrogen-bond acceptors (Lipinski definition) is 3. The van der Waals surface area contributed by atoms with Gasteiger partial charge >= 0.3 is 11.8 Å². The van der Waals surface area contributed by atoms with E-state index in [9.17, 15) is 9.59 Å². The van der Waals surface area contributed by atoms with Crippen molar-refractivity contribution < 1.29 is 9.59 Å². The molecule has 0 spiro atoms. The molecule has 0 aliphatic carbocycles. The molecule has 2 amide bonds. The van der Waals surface area contributed by atoms with Crippen molar-refractivity contribution in [3.63, 3.8) is 0 Å². The Kier molecular flexibility index (Phi) is 5.95. The van der Waals surface area contributed by atoms with Crippen molar-refractivity contribution in [3.05, 3.63) is 29.8 Å². The molecule has 0 unspecified atom stereocenters. The lowest BCUT2D eigenvalue weighted by Crippen LogP contribution is -2.39. The number of nitrogens with one attached hydrogen (secondary N) is 2. The molecular weight excluding hydrogens is 262 g/mol. The SMILES string of the molecule is CCCc1ccccc1NC(=O)C(=O)NCC(N)=S. The summed E-state index contributed by atoms with van der Waals surface area (Å²) >= 11 is 4.62. The van der Waals surface area contributed by atoms with E-state index in [2.05, 4.69) is 22.9 Å². The van der Waals surface area contributed by atoms with Crippen molar-refractivity contribution in [2.75, 3.05) is 11.9 Å². The second kappa shape index (κ2) is 7.48. The maximum absolute atomic E-state index is 11.7. The second-order valence-corrected chi connectivity index (χ2v) is 4.53. The molecule has 6 heteroatoms. The summed E-state index contributed by atoms with van der Waals surface area (Å²) in [7, 11) is 0. The van der Waals surface area contributed by atoms with Crippen LogP contribution in [0, 0.1) is 0 Å². The molecule has 0 aromatic heterocycles. The normalized spacial score (nSPS) is 9.74. The van der Waals surface area contributed by atoms with Crippen LogP contribution in [0.15, 0.2) is 24.3 Å². The Hall–Kier alpha value is -1.95. The van der Waals surface area contributed by atoms with Crippen molar-refractivity contribution in [3.8, 4) is 0 Å². The Labute approximate surface area is 117 Å². The van der Waals surface area contributed by atoms with Gasteiger partial charge in [-0.1, -0.05) is 43.8 Å². The molecule has 19 heavy (non-hydrogen) atoms. The first-order chi connectivity index (χ1) is 9.04. The summed E-state index contributed by atoms with van der Waals surface area (Å²) < 4.78 is 0. The highest BCUT2D eigenvalue weighted by molar-refractivity contribution is 7.80. The van der Waals surface area contributed by atoms with Gasteiger partial charge < -0.3 is 16.4 Å². The molecule has 0 fully saturated rings. The third kappa shape index (κ3) is 5.05. The van der Waals surface area contributed by atoms with E-state index in [1.807, 2.05) is 25.1 Å². The molecule has 102 valence electrons. The summed E-state index contributed by atoms with van der Waals surface area (Å²) in [6.45, 7) is 2.06. The number of anilines is 1. The maximum atomic E-state index is 11.7. The van der Waals surface area contributed by atoms with Crippen LogP contribution in [0.3, 0.4) is 0 Å². The van der Waals surface area contributed by atoms with Gasteiger partial charge in [0, 0.05) is 5.69 Å². The molecule has 0 saturated heterocycles. The quantitative estimate of drug-likeness (QED) is 0.554. The number of nitrogens with two attached hydrogens (primary N) is 1. The monoisotopic (exact) mass is 279 g/mol. The number of rotatable bonds is 5. The highest BCUT2D eigenvalue weighted by atomic mass is 32.1. The summed E-state index contributed by atoms with van der Waals surface area (Å²) in [5.74, 6) is -1.47. The number of para-hydroxylation sites is 1. The fourth-order valence-corrected chi connectivity index (χ4v) is 1.63. The number of carbonyl (C=O) groups excluding carboxylic acids is 2. The van der Waals surface area contributed by atoms with Gasteiger partial charge in [-0.05, 0) is 18.1 Å². The Balaban J connectivity index is 2.66. The molecule has 5 nitrogen and oxygen atoms in total. The predicted octanol–water partition coefficient (Wildman–Crippen LogP) is 0.980. The van der Waals surface area contributed by atoms with Crippen LogP contribution >= 0.6 is 12.2 Å². The Morgan fingerprint density at radius 3 is 2.58 bits per heavy atom. The molecule has 1 aromatic carbocycles. The molecule has 1 aromatic rings. The molecule has 0 saturated carbocycles. The lowest BCUT2D eigenvalue weighted by atomic mass is 10.1. The molecule has 0 atom stereocenters. The average Bonchev–Trinajstić information content (AvgIpc) is 2.38. The first-order valence-corrected chi connectivity index (χ1v) is 6.40. The third-order valence-electron chi connectivity index (χ3n) is 2.41. The van der Waals surface area contributed by atoms with Gasteiger partial charge in [-0.15, -0.1) is 0 Å². The summed E-state index contributed by atoms with van der Waals surface area (Å²) in [5, 5.41) is 4.92. The summed E-state index contributed by atoms with van der Waals surface area (Å²) in [5.41, 5.74) is 6.90. The lowest BCUT2D eigenvalue weighted by Gasteiger charge is -2.10. The van der Waals surface area contributed by atoms with Gasteiger partial charge in [0.2, 0.25) is 0 Å². The number of aryl methyl sites for hydroxylation is 1. The predicted molar refractivity (Wildman–Crippen MR) is 78.9 cm³/mol. The molecule has 0 radical (unpaired) electrons. The van der Waals surface area contributed by atoms with E-state index in [0.29, 0.717) is 5.69 Å². The minimum atomic E-state index is -0.751. The van der Waals surface area contributed by atoms with Gasteiger partial charge in [0.05, 0.1) is 11.5 Å². The average molecular weight is 279 g/mol. The fraction of sp³-hybridized carbons (Fsp3) is 0.308. The van der Waals surface area contributed by atoms with Gasteiger partial charge in [-0.25, -0.2) is 0 Å². The molecule has 0 aliphatic heterocycles. The highest BCUT2D eigenvalue weighted by Crippen LogP contribution is 2.16. The Bertz CT molecular complexity index is 489. The zero-order valence-corrected chi connectivity index (χ0v) is 11.5. The highest BCUT2D eigenvalue weighted by Gasteiger charge is 2.14. The Morgan fingerprint density at radius 2 is 1.95 bits per heavy atom. The van der Waals surface area contributed by atoms with E-state index in [1.54, 1.807) is 6.07 Å². The number of thiocarbonyl (C=S) groups is 1. The molecule has 0 aliphatic rings. The first kappa shape index (κ1) is 15.1. The maximum Gasteiger partial charge on any atom is 0.313 e. The lowest BCUT2D eigenvalue weighted by molar-refractivity contribution is -0.135. The summed E-state index contributed by atoms with van der Waals surface area (Å²) in [4.78, 5) is 23.3. The third-order valence-corrected chi connectivity index (χ3v) is 2.56. The van der Waals surface area contributed by atoms with E-state index in [-0.39, 0.29) is 11.5 Å². The van der Waals surface area contributed by atoms with Crippen LogP contribution in [0.5, 0.6) is 0 Å². The zero-order chi connectivity index (χ0) is 14.3. The second-order valence-electron chi connectivity index (χ2n) is 4.01. The van der Waals surface area contributed by atoms with Crippen LogP contribution < -0.4 is 16.4 Å². The topological polar surface area (TPSA) is 84.2 Å². The standard InChI is InChI=1S/C13H17N3O2S/c1-2-5-9-6-3-4-7-10(9)16-13(18)12(17)15-8-11(14)19/h3-4,6-7H,2,5,8H2,1H3,(H2,14,19)(H,15,17)(H,16,18). The largest absolute Gasteiger partial charge is 0.392 e. The van der Waals surface area contributed by atoms with Gasteiger partial charge in [0.25, 0.3) is 0 Å².